The maximum absolute atomic E-state index is 3.66. The average molecular weight is 254 g/mol. The lowest BCUT2D eigenvalue weighted by molar-refractivity contribution is 0.102. The molecule has 0 amide bonds. The van der Waals surface area contributed by atoms with Crippen molar-refractivity contribution in [1.82, 2.24) is 10.2 Å². The molecule has 3 rings (SSSR count). The van der Waals surface area contributed by atoms with E-state index < -0.39 is 0 Å². The van der Waals surface area contributed by atoms with E-state index in [4.69, 9.17) is 0 Å². The van der Waals surface area contributed by atoms with Crippen LogP contribution in [0.15, 0.2) is 0 Å². The van der Waals surface area contributed by atoms with E-state index in [-0.39, 0.29) is 0 Å². The van der Waals surface area contributed by atoms with Crippen molar-refractivity contribution >= 4 is 11.8 Å². The molecule has 17 heavy (non-hydrogen) atoms. The number of rotatable bonds is 2. The van der Waals surface area contributed by atoms with Crippen molar-refractivity contribution < 1.29 is 0 Å². The summed E-state index contributed by atoms with van der Waals surface area (Å²) in [5.41, 5.74) is 0.783. The van der Waals surface area contributed by atoms with Gasteiger partial charge in [-0.1, -0.05) is 12.8 Å². The first-order valence-corrected chi connectivity index (χ1v) is 8.55. The number of piperidine rings is 1. The van der Waals surface area contributed by atoms with Gasteiger partial charge in [0.05, 0.1) is 0 Å². The Morgan fingerprint density at radius 1 is 1.12 bits per heavy atom. The first-order chi connectivity index (χ1) is 8.36. The number of nitrogens with one attached hydrogen (secondary N) is 1. The third kappa shape index (κ3) is 2.99. The van der Waals surface area contributed by atoms with Crippen LogP contribution in [-0.4, -0.2) is 48.6 Å². The number of nitrogens with zero attached hydrogens (tertiary/aromatic N) is 1. The summed E-state index contributed by atoms with van der Waals surface area (Å²) in [4.78, 5) is 2.72. The van der Waals surface area contributed by atoms with Crippen LogP contribution in [0, 0.1) is 5.41 Å². The van der Waals surface area contributed by atoms with E-state index in [1.54, 1.807) is 0 Å². The number of likely N-dealkylation sites (tertiary alicyclic amines) is 1. The van der Waals surface area contributed by atoms with Crippen LogP contribution in [-0.2, 0) is 0 Å². The molecule has 2 aliphatic heterocycles. The molecule has 0 radical (unpaired) electrons. The van der Waals surface area contributed by atoms with E-state index >= 15 is 0 Å². The van der Waals surface area contributed by atoms with E-state index in [1.807, 2.05) is 0 Å². The second-order valence-electron chi connectivity index (χ2n) is 6.23. The molecule has 2 nitrogen and oxygen atoms in total. The highest BCUT2D eigenvalue weighted by Gasteiger charge is 2.37. The Hall–Kier alpha value is 0.270. The zero-order valence-electron chi connectivity index (χ0n) is 10.9. The van der Waals surface area contributed by atoms with Gasteiger partial charge in [0.25, 0.3) is 0 Å². The summed E-state index contributed by atoms with van der Waals surface area (Å²) in [5, 5.41) is 3.66. The van der Waals surface area contributed by atoms with Gasteiger partial charge in [0.1, 0.15) is 0 Å². The highest BCUT2D eigenvalue weighted by molar-refractivity contribution is 7.99. The Morgan fingerprint density at radius 2 is 1.88 bits per heavy atom. The zero-order valence-corrected chi connectivity index (χ0v) is 11.7. The summed E-state index contributed by atoms with van der Waals surface area (Å²) in [7, 11) is 0. The quantitative estimate of drug-likeness (QED) is 0.814. The average Bonchev–Trinajstić information content (AvgIpc) is 2.83. The predicted octanol–water partition coefficient (Wildman–Crippen LogP) is 2.35. The molecule has 2 heterocycles. The molecule has 3 aliphatic rings. The topological polar surface area (TPSA) is 15.3 Å². The molecule has 0 aromatic heterocycles. The minimum absolute atomic E-state index is 0.756. The molecule has 2 saturated heterocycles. The first-order valence-electron chi connectivity index (χ1n) is 7.40. The van der Waals surface area contributed by atoms with Crippen LogP contribution in [0.5, 0.6) is 0 Å². The van der Waals surface area contributed by atoms with Crippen molar-refractivity contribution in [1.29, 1.82) is 0 Å². The largest absolute Gasteiger partial charge is 0.311 e. The smallest absolute Gasteiger partial charge is 0.0285 e. The minimum Gasteiger partial charge on any atom is -0.311 e. The molecule has 1 atom stereocenters. The Kier molecular flexibility index (Phi) is 3.98. The van der Waals surface area contributed by atoms with Crippen molar-refractivity contribution in [2.24, 2.45) is 5.41 Å². The second-order valence-corrected chi connectivity index (χ2v) is 7.38. The van der Waals surface area contributed by atoms with Gasteiger partial charge in [-0.15, -0.1) is 0 Å². The maximum atomic E-state index is 3.66. The molecule has 1 unspecified atom stereocenters. The van der Waals surface area contributed by atoms with Gasteiger partial charge in [-0.2, -0.15) is 11.8 Å². The van der Waals surface area contributed by atoms with Gasteiger partial charge in [-0.25, -0.2) is 0 Å². The second kappa shape index (κ2) is 5.50. The molecule has 3 fully saturated rings. The van der Waals surface area contributed by atoms with Gasteiger partial charge >= 0.3 is 0 Å². The number of hydrogen-bond acceptors (Lipinski definition) is 3. The predicted molar refractivity (Wildman–Crippen MR) is 75.7 cm³/mol. The van der Waals surface area contributed by atoms with Crippen LogP contribution in [0.2, 0.25) is 0 Å². The lowest BCUT2D eigenvalue weighted by atomic mass is 9.77. The van der Waals surface area contributed by atoms with Crippen molar-refractivity contribution in [3.63, 3.8) is 0 Å². The van der Waals surface area contributed by atoms with Crippen molar-refractivity contribution in [3.8, 4) is 0 Å². The van der Waals surface area contributed by atoms with E-state index in [9.17, 15) is 0 Å². The third-order valence-electron chi connectivity index (χ3n) is 5.06. The summed E-state index contributed by atoms with van der Waals surface area (Å²) in [6.07, 6.45) is 9.01. The van der Waals surface area contributed by atoms with Gasteiger partial charge in [0.15, 0.2) is 0 Å². The van der Waals surface area contributed by atoms with Gasteiger partial charge in [0.2, 0.25) is 0 Å². The van der Waals surface area contributed by atoms with Crippen LogP contribution < -0.4 is 5.32 Å². The van der Waals surface area contributed by atoms with E-state index in [2.05, 4.69) is 22.0 Å². The lowest BCUT2D eigenvalue weighted by Gasteiger charge is -2.41. The van der Waals surface area contributed by atoms with E-state index in [1.165, 1.54) is 76.2 Å². The van der Waals surface area contributed by atoms with Gasteiger partial charge in [-0.3, -0.25) is 0 Å². The van der Waals surface area contributed by atoms with Gasteiger partial charge in [-0.05, 0) is 44.2 Å². The van der Waals surface area contributed by atoms with Crippen molar-refractivity contribution in [3.05, 3.63) is 0 Å². The SMILES string of the molecule is C1CCC2(C1)CCN(CC1CSCCN1)CC2. The Morgan fingerprint density at radius 3 is 2.53 bits per heavy atom. The summed E-state index contributed by atoms with van der Waals surface area (Å²) in [6, 6.07) is 0.756. The fraction of sp³-hybridized carbons (Fsp3) is 1.00. The molecule has 98 valence electrons. The van der Waals surface area contributed by atoms with Crippen molar-refractivity contribution in [2.75, 3.05) is 37.7 Å². The molecule has 0 aromatic carbocycles. The molecule has 0 aromatic rings. The third-order valence-corrected chi connectivity index (χ3v) is 6.19. The number of hydrogen-bond donors (Lipinski definition) is 1. The fourth-order valence-corrected chi connectivity index (χ4v) is 4.82. The molecule has 1 N–H and O–H groups in total. The van der Waals surface area contributed by atoms with E-state index in [0.29, 0.717) is 0 Å². The Balaban J connectivity index is 1.44. The van der Waals surface area contributed by atoms with Crippen LogP contribution in [0.3, 0.4) is 0 Å². The molecular weight excluding hydrogens is 228 g/mol. The Labute approximate surface area is 110 Å². The lowest BCUT2D eigenvalue weighted by Crippen LogP contribution is -2.49. The summed E-state index contributed by atoms with van der Waals surface area (Å²) < 4.78 is 0. The number of thioether (sulfide) groups is 1. The molecule has 0 bridgehead atoms. The zero-order chi connectivity index (χ0) is 11.6. The Bertz CT molecular complexity index is 235. The molecular formula is C14H26N2S. The maximum Gasteiger partial charge on any atom is 0.0285 e. The monoisotopic (exact) mass is 254 g/mol. The van der Waals surface area contributed by atoms with Gasteiger partial charge < -0.3 is 10.2 Å². The van der Waals surface area contributed by atoms with E-state index in [0.717, 1.165) is 11.5 Å². The summed E-state index contributed by atoms with van der Waals surface area (Å²) in [5.74, 6) is 2.63. The first kappa shape index (κ1) is 12.3. The molecule has 1 spiro atoms. The van der Waals surface area contributed by atoms with Crippen LogP contribution in [0.1, 0.15) is 38.5 Å². The van der Waals surface area contributed by atoms with Crippen LogP contribution in [0.4, 0.5) is 0 Å². The standard InChI is InChI=1S/C14H26N2S/c1-2-4-14(3-1)5-8-16(9-6-14)11-13-12-17-10-7-15-13/h13,15H,1-12H2. The molecule has 3 heteroatoms. The van der Waals surface area contributed by atoms with Crippen LogP contribution >= 0.6 is 11.8 Å². The molecule has 1 saturated carbocycles. The normalized spacial score (nSPS) is 34.2. The van der Waals surface area contributed by atoms with Crippen molar-refractivity contribution in [2.45, 2.75) is 44.6 Å². The minimum atomic E-state index is 0.756. The highest BCUT2D eigenvalue weighted by Crippen LogP contribution is 2.46. The summed E-state index contributed by atoms with van der Waals surface area (Å²) in [6.45, 7) is 5.24. The summed E-state index contributed by atoms with van der Waals surface area (Å²) >= 11 is 2.12. The van der Waals surface area contributed by atoms with Gasteiger partial charge in [0, 0.05) is 30.6 Å². The fourth-order valence-electron chi connectivity index (χ4n) is 3.88. The van der Waals surface area contributed by atoms with Crippen LogP contribution in [0.25, 0.3) is 0 Å². The highest BCUT2D eigenvalue weighted by atomic mass is 32.2. The molecule has 1 aliphatic carbocycles.